The highest BCUT2D eigenvalue weighted by Crippen LogP contribution is 2.32. The van der Waals surface area contributed by atoms with Crippen LogP contribution in [0.4, 0.5) is 17.6 Å². The van der Waals surface area contributed by atoms with Crippen molar-refractivity contribution < 1.29 is 36.2 Å². The molecule has 0 radical (unpaired) electrons. The number of halogens is 4. The van der Waals surface area contributed by atoms with Crippen molar-refractivity contribution in [3.05, 3.63) is 70.1 Å². The van der Waals surface area contributed by atoms with Crippen molar-refractivity contribution in [3.63, 3.8) is 0 Å². The van der Waals surface area contributed by atoms with Crippen LogP contribution in [0.1, 0.15) is 22.6 Å². The van der Waals surface area contributed by atoms with Crippen LogP contribution in [0.2, 0.25) is 0 Å². The number of methoxy groups -OCH3 is 1. The van der Waals surface area contributed by atoms with Gasteiger partial charge in [0, 0.05) is 17.7 Å². The number of hydrogen-bond acceptors (Lipinski definition) is 6. The summed E-state index contributed by atoms with van der Waals surface area (Å²) in [6.45, 7) is 2.64. The molecule has 0 saturated carbocycles. The summed E-state index contributed by atoms with van der Waals surface area (Å²) in [5, 5.41) is 0. The summed E-state index contributed by atoms with van der Waals surface area (Å²) in [6.07, 6.45) is 0.233. The summed E-state index contributed by atoms with van der Waals surface area (Å²) in [5.74, 6) is -5.26. The van der Waals surface area contributed by atoms with Crippen molar-refractivity contribution in [1.82, 2.24) is 4.98 Å². The summed E-state index contributed by atoms with van der Waals surface area (Å²) in [4.78, 5) is 15.2. The molecule has 3 aromatic rings. The van der Waals surface area contributed by atoms with Crippen LogP contribution in [-0.4, -0.2) is 30.4 Å². The Morgan fingerprint density at radius 3 is 2.45 bits per heavy atom. The second-order valence-electron chi connectivity index (χ2n) is 7.09. The normalized spacial score (nSPS) is 11.0. The Morgan fingerprint density at radius 2 is 1.79 bits per heavy atom. The van der Waals surface area contributed by atoms with E-state index in [-0.39, 0.29) is 30.5 Å². The molecule has 0 bridgehead atoms. The van der Waals surface area contributed by atoms with Gasteiger partial charge in [0.1, 0.15) is 17.1 Å². The number of oxazole rings is 1. The molecule has 1 heterocycles. The average molecular weight is 483 g/mol. The van der Waals surface area contributed by atoms with E-state index in [0.717, 1.165) is 12.5 Å². The third-order valence-corrected chi connectivity index (χ3v) is 5.79. The van der Waals surface area contributed by atoms with E-state index in [2.05, 4.69) is 9.72 Å². The van der Waals surface area contributed by atoms with Gasteiger partial charge in [0.15, 0.2) is 23.3 Å². The SMILES string of the molecule is COC(=O)CSCc1cccc(OCCc2nc(-c3c(F)c(F)c(C)c(F)c3F)oc2C)c1. The number of carbonyl (C=O) groups is 1. The largest absolute Gasteiger partial charge is 0.493 e. The van der Waals surface area contributed by atoms with E-state index in [1.54, 1.807) is 6.07 Å². The Kier molecular flexibility index (Phi) is 8.01. The maximum absolute atomic E-state index is 14.3. The summed E-state index contributed by atoms with van der Waals surface area (Å²) < 4.78 is 71.9. The molecule has 0 unspecified atom stereocenters. The first-order chi connectivity index (χ1) is 15.7. The van der Waals surface area contributed by atoms with Gasteiger partial charge in [-0.2, -0.15) is 0 Å². The van der Waals surface area contributed by atoms with E-state index < -0.39 is 40.3 Å². The van der Waals surface area contributed by atoms with E-state index in [4.69, 9.17) is 9.15 Å². The van der Waals surface area contributed by atoms with Gasteiger partial charge < -0.3 is 13.9 Å². The fraction of sp³-hybridized carbons (Fsp3) is 0.304. The van der Waals surface area contributed by atoms with Crippen LogP contribution in [0.3, 0.4) is 0 Å². The minimum absolute atomic E-state index is 0.174. The molecule has 176 valence electrons. The highest BCUT2D eigenvalue weighted by molar-refractivity contribution is 7.99. The smallest absolute Gasteiger partial charge is 0.315 e. The second-order valence-corrected chi connectivity index (χ2v) is 8.08. The summed E-state index contributed by atoms with van der Waals surface area (Å²) in [7, 11) is 1.33. The molecule has 0 atom stereocenters. The first-order valence-corrected chi connectivity index (χ1v) is 11.0. The molecule has 0 aliphatic rings. The van der Waals surface area contributed by atoms with Crippen molar-refractivity contribution in [3.8, 4) is 17.2 Å². The lowest BCUT2D eigenvalue weighted by atomic mass is 10.1. The van der Waals surface area contributed by atoms with Gasteiger partial charge in [-0.05, 0) is 31.5 Å². The molecule has 0 aliphatic heterocycles. The molecule has 0 aliphatic carbocycles. The zero-order valence-corrected chi connectivity index (χ0v) is 19.0. The molecule has 0 amide bonds. The van der Waals surface area contributed by atoms with Crippen LogP contribution in [0.5, 0.6) is 5.75 Å². The molecule has 3 rings (SSSR count). The Balaban J connectivity index is 1.66. The standard InChI is InChI=1S/C23H21F4NO4S/c1-12-19(24)21(26)18(22(27)20(12)25)23-28-16(13(2)32-23)7-8-31-15-6-4-5-14(9-15)10-33-11-17(29)30-3/h4-6,9H,7-8,10-11H2,1-3H3. The average Bonchev–Trinajstić information content (AvgIpc) is 3.16. The van der Waals surface area contributed by atoms with Gasteiger partial charge in [-0.1, -0.05) is 12.1 Å². The molecule has 5 nitrogen and oxygen atoms in total. The number of aromatic nitrogens is 1. The molecule has 2 aromatic carbocycles. The number of rotatable bonds is 9. The van der Waals surface area contributed by atoms with Crippen LogP contribution in [0, 0.1) is 37.1 Å². The van der Waals surface area contributed by atoms with E-state index in [1.807, 2.05) is 18.2 Å². The van der Waals surface area contributed by atoms with Gasteiger partial charge in [-0.3, -0.25) is 4.79 Å². The third-order valence-electron chi connectivity index (χ3n) is 4.81. The predicted octanol–water partition coefficient (Wildman–Crippen LogP) is 5.54. The van der Waals surface area contributed by atoms with Crippen LogP contribution in [0.15, 0.2) is 28.7 Å². The minimum atomic E-state index is -1.56. The maximum Gasteiger partial charge on any atom is 0.315 e. The molecule has 33 heavy (non-hydrogen) atoms. The molecule has 1 aromatic heterocycles. The molecule has 0 N–H and O–H groups in total. The van der Waals surface area contributed by atoms with Gasteiger partial charge in [0.25, 0.3) is 0 Å². The van der Waals surface area contributed by atoms with Crippen molar-refractivity contribution in [2.24, 2.45) is 0 Å². The maximum atomic E-state index is 14.3. The Hall–Kier alpha value is -3.01. The minimum Gasteiger partial charge on any atom is -0.493 e. The van der Waals surface area contributed by atoms with E-state index in [9.17, 15) is 22.4 Å². The van der Waals surface area contributed by atoms with Crippen molar-refractivity contribution >= 4 is 17.7 Å². The topological polar surface area (TPSA) is 61.6 Å². The molecule has 0 saturated heterocycles. The van der Waals surface area contributed by atoms with E-state index >= 15 is 0 Å². The van der Waals surface area contributed by atoms with E-state index in [0.29, 0.717) is 17.2 Å². The highest BCUT2D eigenvalue weighted by atomic mass is 32.2. The zero-order valence-electron chi connectivity index (χ0n) is 18.1. The van der Waals surface area contributed by atoms with Crippen LogP contribution < -0.4 is 4.74 Å². The number of nitrogens with zero attached hydrogens (tertiary/aromatic N) is 1. The fourth-order valence-corrected chi connectivity index (χ4v) is 3.80. The van der Waals surface area contributed by atoms with Gasteiger partial charge in [0.2, 0.25) is 5.89 Å². The summed E-state index contributed by atoms with van der Waals surface area (Å²) in [5.41, 5.74) is -0.440. The van der Waals surface area contributed by atoms with E-state index in [1.165, 1.54) is 25.8 Å². The number of benzene rings is 2. The molecule has 0 spiro atoms. The lowest BCUT2D eigenvalue weighted by Gasteiger charge is -2.07. The van der Waals surface area contributed by atoms with Crippen LogP contribution in [0.25, 0.3) is 11.5 Å². The molecule has 10 heteroatoms. The Bertz CT molecular complexity index is 1140. The van der Waals surface area contributed by atoms with Gasteiger partial charge in [-0.25, -0.2) is 22.5 Å². The van der Waals surface area contributed by atoms with Crippen molar-refractivity contribution in [1.29, 1.82) is 0 Å². The summed E-state index contributed by atoms with van der Waals surface area (Å²) >= 11 is 1.41. The number of carbonyl (C=O) groups excluding carboxylic acids is 1. The second kappa shape index (κ2) is 10.7. The highest BCUT2D eigenvalue weighted by Gasteiger charge is 2.27. The third kappa shape index (κ3) is 5.68. The molecular formula is C23H21F4NO4S. The Labute approximate surface area is 192 Å². The van der Waals surface area contributed by atoms with Crippen LogP contribution in [-0.2, 0) is 21.7 Å². The van der Waals surface area contributed by atoms with Crippen molar-refractivity contribution in [2.45, 2.75) is 26.0 Å². The van der Waals surface area contributed by atoms with Gasteiger partial charge in [-0.15, -0.1) is 11.8 Å². The first kappa shape index (κ1) is 24.6. The quantitative estimate of drug-likeness (QED) is 0.226. The Morgan fingerprint density at radius 1 is 1.09 bits per heavy atom. The van der Waals surface area contributed by atoms with Gasteiger partial charge in [0.05, 0.1) is 25.2 Å². The van der Waals surface area contributed by atoms with Crippen LogP contribution >= 0.6 is 11.8 Å². The predicted molar refractivity (Wildman–Crippen MR) is 115 cm³/mol. The number of thioether (sulfide) groups is 1. The number of aryl methyl sites for hydroxylation is 1. The fourth-order valence-electron chi connectivity index (χ4n) is 3.00. The number of hydrogen-bond donors (Lipinski definition) is 0. The summed E-state index contributed by atoms with van der Waals surface area (Å²) in [6, 6.07) is 7.30. The molecule has 0 fully saturated rings. The first-order valence-electron chi connectivity index (χ1n) is 9.88. The monoisotopic (exact) mass is 483 g/mol. The number of ether oxygens (including phenoxy) is 2. The zero-order chi connectivity index (χ0) is 24.1. The van der Waals surface area contributed by atoms with Crippen molar-refractivity contribution in [2.75, 3.05) is 19.5 Å². The lowest BCUT2D eigenvalue weighted by molar-refractivity contribution is -0.137. The number of esters is 1. The lowest BCUT2D eigenvalue weighted by Crippen LogP contribution is -2.05. The molecular weight excluding hydrogens is 462 g/mol. The van der Waals surface area contributed by atoms with Gasteiger partial charge >= 0.3 is 5.97 Å².